The van der Waals surface area contributed by atoms with E-state index in [1.807, 2.05) is 48.2 Å². The minimum atomic E-state index is -4.55. The fourth-order valence-corrected chi connectivity index (χ4v) is 7.69. The number of alkyl halides is 3. The number of aromatic nitrogens is 5. The molecule has 2 saturated heterocycles. The molecule has 3 N–H and O–H groups in total. The van der Waals surface area contributed by atoms with E-state index in [4.69, 9.17) is 0 Å². The monoisotopic (exact) mass is 840 g/mol. The number of halogens is 4. The molecule has 1 atom stereocenters. The third-order valence-corrected chi connectivity index (χ3v) is 11.4. The number of hydrogen-bond donors (Lipinski definition) is 3. The van der Waals surface area contributed by atoms with E-state index in [1.165, 1.54) is 12.3 Å². The summed E-state index contributed by atoms with van der Waals surface area (Å²) in [5, 5.41) is 15.3. The van der Waals surface area contributed by atoms with Crippen molar-refractivity contribution in [1.29, 1.82) is 0 Å². The summed E-state index contributed by atoms with van der Waals surface area (Å²) in [5.41, 5.74) is 2.78. The first-order valence-corrected chi connectivity index (χ1v) is 19.5. The van der Waals surface area contributed by atoms with Crippen LogP contribution >= 0.6 is 0 Å². The van der Waals surface area contributed by atoms with Crippen LogP contribution in [0, 0.1) is 12.7 Å². The Bertz CT molecular complexity index is 2590. The van der Waals surface area contributed by atoms with Gasteiger partial charge in [0.05, 0.1) is 40.8 Å². The highest BCUT2D eigenvalue weighted by atomic mass is 19.4. The number of imide groups is 2. The molecule has 3 aliphatic rings. The maximum atomic E-state index is 15.5. The van der Waals surface area contributed by atoms with Crippen LogP contribution in [0.15, 0.2) is 67.0 Å². The number of aromatic amines is 1. The lowest BCUT2D eigenvalue weighted by molar-refractivity contribution is -0.182. The smallest absolute Gasteiger partial charge is 0.367 e. The average Bonchev–Trinajstić information content (AvgIpc) is 3.96. The van der Waals surface area contributed by atoms with Gasteiger partial charge in [-0.25, -0.2) is 14.1 Å². The first-order valence-electron chi connectivity index (χ1n) is 19.5. The van der Waals surface area contributed by atoms with Crippen LogP contribution in [-0.4, -0.2) is 103 Å². The van der Waals surface area contributed by atoms with E-state index >= 15 is 4.39 Å². The number of fused-ring (bicyclic) bond motifs is 1. The van der Waals surface area contributed by atoms with Crippen LogP contribution in [-0.2, 0) is 28.1 Å². The van der Waals surface area contributed by atoms with Crippen molar-refractivity contribution in [1.82, 2.24) is 45.4 Å². The van der Waals surface area contributed by atoms with Crippen molar-refractivity contribution < 1.29 is 41.5 Å². The van der Waals surface area contributed by atoms with Gasteiger partial charge in [-0.15, -0.1) is 0 Å². The molecule has 15 nitrogen and oxygen atoms in total. The van der Waals surface area contributed by atoms with Crippen LogP contribution in [0.3, 0.4) is 0 Å². The number of hydrogen-bond acceptors (Lipinski definition) is 10. The topological polar surface area (TPSA) is 179 Å². The van der Waals surface area contributed by atoms with Crippen molar-refractivity contribution in [2.24, 2.45) is 0 Å². The summed E-state index contributed by atoms with van der Waals surface area (Å²) in [6.45, 7) is 6.53. The minimum absolute atomic E-state index is 0.00966. The quantitative estimate of drug-likeness (QED) is 0.133. The second-order valence-corrected chi connectivity index (χ2v) is 15.8. The van der Waals surface area contributed by atoms with Gasteiger partial charge in [-0.05, 0) is 79.8 Å². The molecule has 61 heavy (non-hydrogen) atoms. The van der Waals surface area contributed by atoms with Crippen LogP contribution in [0.1, 0.15) is 80.5 Å². The summed E-state index contributed by atoms with van der Waals surface area (Å²) in [7, 11) is 0. The molecule has 5 heterocycles. The van der Waals surface area contributed by atoms with Gasteiger partial charge >= 0.3 is 6.18 Å². The molecule has 5 aromatic rings. The number of nitrogens with zero attached hydrogens (tertiary/aromatic N) is 7. The Morgan fingerprint density at radius 1 is 0.918 bits per heavy atom. The molecule has 5 amide bonds. The molecule has 0 radical (unpaired) electrons. The van der Waals surface area contributed by atoms with E-state index in [-0.39, 0.29) is 47.6 Å². The van der Waals surface area contributed by atoms with Gasteiger partial charge in [0.25, 0.3) is 17.7 Å². The number of amides is 5. The molecule has 316 valence electrons. The standard InChI is InChI=1S/C42H40F4N10O5/c1-23-15-26(7-8-31(23)55-22-27(19-48-55)36(58)47-20-34-49-40(52-51-34)41(2,3)42(44,45)46)25-6-4-5-24(16-25)21-53-11-13-54(14-12-53)33-18-29-28(17-30(33)43)38(60)56(39(29)61)32-9-10-35(57)50-37(32)59/h4-8,15-19,22,32H,9-14,20-21H2,1-3H3,(H,47,58)(H,49,51,52)(H,50,57,59). The van der Waals surface area contributed by atoms with Crippen LogP contribution in [0.4, 0.5) is 23.2 Å². The molecule has 2 fully saturated rings. The van der Waals surface area contributed by atoms with E-state index in [2.05, 4.69) is 41.9 Å². The average molecular weight is 841 g/mol. The Morgan fingerprint density at radius 2 is 1.64 bits per heavy atom. The van der Waals surface area contributed by atoms with Crippen molar-refractivity contribution in [2.45, 2.75) is 64.3 Å². The van der Waals surface area contributed by atoms with Gasteiger partial charge in [0, 0.05) is 45.3 Å². The number of rotatable bonds is 10. The second-order valence-electron chi connectivity index (χ2n) is 15.8. The maximum Gasteiger partial charge on any atom is 0.401 e. The van der Waals surface area contributed by atoms with Gasteiger partial charge in [0.2, 0.25) is 11.8 Å². The van der Waals surface area contributed by atoms with Gasteiger partial charge in [-0.1, -0.05) is 24.3 Å². The van der Waals surface area contributed by atoms with Gasteiger partial charge < -0.3 is 10.2 Å². The number of H-pyrrole nitrogens is 1. The van der Waals surface area contributed by atoms with Crippen molar-refractivity contribution >= 4 is 35.2 Å². The summed E-state index contributed by atoms with van der Waals surface area (Å²) in [4.78, 5) is 72.2. The molecule has 0 bridgehead atoms. The van der Waals surface area contributed by atoms with Crippen molar-refractivity contribution in [3.63, 3.8) is 0 Å². The molecule has 3 aliphatic heterocycles. The Morgan fingerprint density at radius 3 is 2.34 bits per heavy atom. The molecule has 0 aliphatic carbocycles. The van der Waals surface area contributed by atoms with Gasteiger partial charge in [-0.2, -0.15) is 23.4 Å². The zero-order valence-electron chi connectivity index (χ0n) is 33.3. The van der Waals surface area contributed by atoms with E-state index in [0.717, 1.165) is 52.8 Å². The predicted octanol–water partition coefficient (Wildman–Crippen LogP) is 4.60. The lowest BCUT2D eigenvalue weighted by Gasteiger charge is -2.36. The third-order valence-electron chi connectivity index (χ3n) is 11.4. The number of anilines is 1. The van der Waals surface area contributed by atoms with Crippen LogP contribution < -0.4 is 15.5 Å². The Hall–Kier alpha value is -6.76. The van der Waals surface area contributed by atoms with Crippen LogP contribution in [0.25, 0.3) is 16.8 Å². The largest absolute Gasteiger partial charge is 0.401 e. The molecule has 3 aromatic carbocycles. The molecule has 0 saturated carbocycles. The maximum absolute atomic E-state index is 15.5. The van der Waals surface area contributed by atoms with Crippen molar-refractivity contribution in [3.8, 4) is 16.8 Å². The van der Waals surface area contributed by atoms with Crippen LogP contribution in [0.5, 0.6) is 0 Å². The summed E-state index contributed by atoms with van der Waals surface area (Å²) < 4.78 is 57.2. The van der Waals surface area contributed by atoms with Crippen molar-refractivity contribution in [3.05, 3.63) is 112 Å². The first-order chi connectivity index (χ1) is 29.0. The molecule has 0 spiro atoms. The number of nitrogens with one attached hydrogen (secondary N) is 3. The number of benzene rings is 3. The molecular weight excluding hydrogens is 801 g/mol. The zero-order valence-corrected chi connectivity index (χ0v) is 33.3. The van der Waals surface area contributed by atoms with E-state index in [1.54, 1.807) is 10.9 Å². The second kappa shape index (κ2) is 15.7. The number of aryl methyl sites for hydroxylation is 1. The molecule has 8 rings (SSSR count). The first kappa shape index (κ1) is 41.0. The Kier molecular flexibility index (Phi) is 10.5. The third kappa shape index (κ3) is 7.87. The molecular formula is C42H40F4N10O5. The SMILES string of the molecule is Cc1cc(-c2cccc(CN3CCN(c4cc5c(cc4F)C(=O)N(C4CCC(=O)NC4=O)C5=O)CC3)c2)ccc1-n1cc(C(=O)NCc2nc(C(C)(C)C(F)(F)F)n[nH]2)cn1. The summed E-state index contributed by atoms with van der Waals surface area (Å²) in [6.07, 6.45) is -1.59. The number of piperidine rings is 1. The Balaban J connectivity index is 0.869. The summed E-state index contributed by atoms with van der Waals surface area (Å²) in [6, 6.07) is 15.3. The van der Waals surface area contributed by atoms with E-state index in [9.17, 15) is 37.1 Å². The highest BCUT2D eigenvalue weighted by Gasteiger charge is 2.51. The van der Waals surface area contributed by atoms with E-state index < -0.39 is 58.8 Å². The molecule has 1 unspecified atom stereocenters. The zero-order chi connectivity index (χ0) is 43.4. The highest BCUT2D eigenvalue weighted by Crippen LogP contribution is 2.39. The van der Waals surface area contributed by atoms with Gasteiger partial charge in [0.15, 0.2) is 5.82 Å². The normalized spacial score (nSPS) is 17.5. The lowest BCUT2D eigenvalue weighted by atomic mass is 9.92. The number of carbonyl (C=O) groups excluding carboxylic acids is 5. The van der Waals surface area contributed by atoms with Gasteiger partial charge in [0.1, 0.15) is 23.1 Å². The minimum Gasteiger partial charge on any atom is -0.367 e. The fraction of sp³-hybridized carbons (Fsp3) is 0.333. The molecule has 2 aromatic heterocycles. The van der Waals surface area contributed by atoms with Crippen LogP contribution in [0.2, 0.25) is 0 Å². The highest BCUT2D eigenvalue weighted by molar-refractivity contribution is 6.23. The summed E-state index contributed by atoms with van der Waals surface area (Å²) >= 11 is 0. The lowest BCUT2D eigenvalue weighted by Crippen LogP contribution is -2.54. The fourth-order valence-electron chi connectivity index (χ4n) is 7.69. The van der Waals surface area contributed by atoms with Gasteiger partial charge in [-0.3, -0.25) is 44.2 Å². The number of carbonyl (C=O) groups is 5. The Labute approximate surface area is 346 Å². The van der Waals surface area contributed by atoms with Crippen molar-refractivity contribution in [2.75, 3.05) is 31.1 Å². The molecule has 19 heteroatoms. The number of piperazine rings is 1. The predicted molar refractivity (Wildman–Crippen MR) is 211 cm³/mol. The van der Waals surface area contributed by atoms with E-state index in [0.29, 0.717) is 32.7 Å². The summed E-state index contributed by atoms with van der Waals surface area (Å²) in [5.74, 6) is -4.11.